The van der Waals surface area contributed by atoms with Crippen molar-refractivity contribution in [2.45, 2.75) is 9.79 Å². The first-order valence-corrected chi connectivity index (χ1v) is 8.25. The lowest BCUT2D eigenvalue weighted by atomic mass is 10.2. The number of carboxylic acids is 1. The van der Waals surface area contributed by atoms with Gasteiger partial charge in [0, 0.05) is 20.7 Å². The maximum Gasteiger partial charge on any atom is 0.124 e. The zero-order valence-electron chi connectivity index (χ0n) is 11.2. The van der Waals surface area contributed by atoms with Crippen LogP contribution < -0.4 is 10.4 Å². The number of hydrogen-bond acceptors (Lipinski definition) is 6. The number of benzene rings is 2. The van der Waals surface area contributed by atoms with Crippen molar-refractivity contribution < 1.29 is 9.90 Å². The highest BCUT2D eigenvalue weighted by molar-refractivity contribution is 7.99. The van der Waals surface area contributed by atoms with Crippen molar-refractivity contribution in [3.05, 3.63) is 53.5 Å². The maximum atomic E-state index is 10.8. The zero-order valence-corrected chi connectivity index (χ0v) is 12.8. The molecule has 22 heavy (non-hydrogen) atoms. The molecule has 2 aromatic carbocycles. The molecule has 4 rings (SSSR count). The molecule has 108 valence electrons. The van der Waals surface area contributed by atoms with E-state index in [1.807, 2.05) is 36.4 Å². The average molecular weight is 325 g/mol. The molecule has 0 bridgehead atoms. The van der Waals surface area contributed by atoms with Gasteiger partial charge in [-0.1, -0.05) is 30.0 Å². The Balaban J connectivity index is 1.72. The van der Waals surface area contributed by atoms with Gasteiger partial charge in [0.2, 0.25) is 0 Å². The highest BCUT2D eigenvalue weighted by Crippen LogP contribution is 2.45. The predicted octanol–water partition coefficient (Wildman–Crippen LogP) is 3.38. The molecule has 4 nitrogen and oxygen atoms in total. The summed E-state index contributed by atoms with van der Waals surface area (Å²) in [5.41, 5.74) is 2.95. The second-order valence-corrected chi connectivity index (χ2v) is 6.70. The van der Waals surface area contributed by atoms with Crippen LogP contribution >= 0.6 is 23.1 Å². The van der Waals surface area contributed by atoms with Gasteiger partial charge >= 0.3 is 0 Å². The molecular formula is C16H9N2O2S2-. The molecule has 0 amide bonds. The van der Waals surface area contributed by atoms with E-state index in [0.29, 0.717) is 5.01 Å². The fourth-order valence-electron chi connectivity index (χ4n) is 2.27. The number of fused-ring (bicyclic) bond motifs is 2. The van der Waals surface area contributed by atoms with Crippen LogP contribution in [0.1, 0.15) is 10.5 Å². The van der Waals surface area contributed by atoms with E-state index >= 15 is 0 Å². The Bertz CT molecular complexity index is 889. The van der Waals surface area contributed by atoms with Gasteiger partial charge < -0.3 is 15.2 Å². The molecule has 0 aliphatic carbocycles. The summed E-state index contributed by atoms with van der Waals surface area (Å²) in [6, 6.07) is 14.1. The molecule has 6 heteroatoms. The summed E-state index contributed by atoms with van der Waals surface area (Å²) in [7, 11) is 0. The number of nitrogens with one attached hydrogen (secondary N) is 1. The van der Waals surface area contributed by atoms with Crippen molar-refractivity contribution >= 4 is 40.4 Å². The van der Waals surface area contributed by atoms with Crippen LogP contribution in [0.3, 0.4) is 0 Å². The van der Waals surface area contributed by atoms with E-state index in [0.717, 1.165) is 21.8 Å². The minimum absolute atomic E-state index is 0.0228. The summed E-state index contributed by atoms with van der Waals surface area (Å²) in [6.07, 6.45) is 0. The number of aromatic carboxylic acids is 1. The third kappa shape index (κ3) is 2.26. The van der Waals surface area contributed by atoms with Gasteiger partial charge in [-0.2, -0.15) is 0 Å². The van der Waals surface area contributed by atoms with Crippen LogP contribution in [0.5, 0.6) is 0 Å². The third-order valence-corrected chi connectivity index (χ3v) is 5.36. The minimum atomic E-state index is -1.25. The van der Waals surface area contributed by atoms with Gasteiger partial charge in [0.15, 0.2) is 0 Å². The molecule has 1 aromatic heterocycles. The lowest BCUT2D eigenvalue weighted by molar-refractivity contribution is -0.255. The number of anilines is 2. The Kier molecular flexibility index (Phi) is 3.13. The smallest absolute Gasteiger partial charge is 0.124 e. The van der Waals surface area contributed by atoms with Crippen LogP contribution in [0.2, 0.25) is 0 Å². The molecule has 0 saturated carbocycles. The highest BCUT2D eigenvalue weighted by atomic mass is 32.2. The van der Waals surface area contributed by atoms with E-state index in [1.165, 1.54) is 21.6 Å². The van der Waals surface area contributed by atoms with Crippen LogP contribution in [0.25, 0.3) is 10.6 Å². The zero-order chi connectivity index (χ0) is 15.1. The van der Waals surface area contributed by atoms with E-state index in [2.05, 4.69) is 16.4 Å². The first-order chi connectivity index (χ1) is 10.7. The normalized spacial score (nSPS) is 12.2. The summed E-state index contributed by atoms with van der Waals surface area (Å²) in [6.45, 7) is 0. The standard InChI is InChI=1S/C16H10N2O2S2/c19-16(20)12-8-21-15(18-12)9-5-6-14-11(7-9)17-10-3-1-2-4-13(10)22-14/h1-8,17H,(H,19,20)/p-1. The van der Waals surface area contributed by atoms with E-state index in [-0.39, 0.29) is 5.69 Å². The SMILES string of the molecule is O=C([O-])c1csc(-c2ccc3c(c2)Nc2ccccc2S3)n1. The second-order valence-electron chi connectivity index (χ2n) is 4.76. The quantitative estimate of drug-likeness (QED) is 0.612. The fourth-order valence-corrected chi connectivity index (χ4v) is 4.03. The Hall–Kier alpha value is -2.31. The van der Waals surface area contributed by atoms with Crippen LogP contribution in [0, 0.1) is 0 Å². The Labute approximate surface area is 134 Å². The molecule has 0 radical (unpaired) electrons. The molecule has 1 N–H and O–H groups in total. The van der Waals surface area contributed by atoms with Crippen LogP contribution in [-0.2, 0) is 0 Å². The van der Waals surface area contributed by atoms with Gasteiger partial charge in [-0.15, -0.1) is 11.3 Å². The van der Waals surface area contributed by atoms with Gasteiger partial charge in [0.05, 0.1) is 23.0 Å². The number of para-hydroxylation sites is 1. The molecule has 0 unspecified atom stereocenters. The summed E-state index contributed by atoms with van der Waals surface area (Å²) in [5.74, 6) is -1.25. The summed E-state index contributed by atoms with van der Waals surface area (Å²) in [4.78, 5) is 17.3. The highest BCUT2D eigenvalue weighted by Gasteiger charge is 2.16. The first-order valence-electron chi connectivity index (χ1n) is 6.56. The van der Waals surface area contributed by atoms with Crippen LogP contribution in [0.15, 0.2) is 57.6 Å². The van der Waals surface area contributed by atoms with Gasteiger partial charge in [-0.25, -0.2) is 4.98 Å². The number of carbonyl (C=O) groups is 1. The van der Waals surface area contributed by atoms with Gasteiger partial charge in [0.25, 0.3) is 0 Å². The summed E-state index contributed by atoms with van der Waals surface area (Å²) in [5, 5.41) is 16.4. The fraction of sp³-hybridized carbons (Fsp3) is 0. The van der Waals surface area contributed by atoms with E-state index in [9.17, 15) is 9.90 Å². The van der Waals surface area contributed by atoms with Crippen molar-refractivity contribution in [2.75, 3.05) is 5.32 Å². The van der Waals surface area contributed by atoms with E-state index in [1.54, 1.807) is 11.8 Å². The van der Waals surface area contributed by atoms with Gasteiger partial charge in [0.1, 0.15) is 5.01 Å². The topological polar surface area (TPSA) is 65.0 Å². The first kappa shape index (κ1) is 13.4. The van der Waals surface area contributed by atoms with Crippen LogP contribution in [0.4, 0.5) is 11.4 Å². The van der Waals surface area contributed by atoms with Gasteiger partial charge in [-0.05, 0) is 24.3 Å². The summed E-state index contributed by atoms with van der Waals surface area (Å²) < 4.78 is 0. The number of carbonyl (C=O) groups excluding carboxylic acids is 1. The predicted molar refractivity (Wildman–Crippen MR) is 85.7 cm³/mol. The lowest BCUT2D eigenvalue weighted by Gasteiger charge is -2.21. The number of rotatable bonds is 2. The molecule has 2 heterocycles. The molecule has 1 aliphatic rings. The lowest BCUT2D eigenvalue weighted by Crippen LogP contribution is -2.22. The number of carboxylic acid groups (broad SMARTS) is 1. The molecule has 0 saturated heterocycles. The van der Waals surface area contributed by atoms with Crippen LogP contribution in [-0.4, -0.2) is 11.0 Å². The van der Waals surface area contributed by atoms with Crippen molar-refractivity contribution in [1.29, 1.82) is 0 Å². The largest absolute Gasteiger partial charge is 0.543 e. The van der Waals surface area contributed by atoms with Crippen molar-refractivity contribution in [2.24, 2.45) is 0 Å². The average Bonchev–Trinajstić information content (AvgIpc) is 3.02. The van der Waals surface area contributed by atoms with E-state index < -0.39 is 5.97 Å². The Morgan fingerprint density at radius 2 is 1.91 bits per heavy atom. The number of hydrogen-bond donors (Lipinski definition) is 1. The van der Waals surface area contributed by atoms with Crippen molar-refractivity contribution in [3.8, 4) is 10.6 Å². The van der Waals surface area contributed by atoms with Crippen molar-refractivity contribution in [1.82, 2.24) is 4.98 Å². The van der Waals surface area contributed by atoms with E-state index in [4.69, 9.17) is 0 Å². The molecule has 0 fully saturated rings. The third-order valence-electron chi connectivity index (χ3n) is 3.32. The maximum absolute atomic E-state index is 10.8. The molecule has 1 aliphatic heterocycles. The molecule has 3 aromatic rings. The monoisotopic (exact) mass is 325 g/mol. The number of aromatic nitrogens is 1. The second kappa shape index (κ2) is 5.15. The van der Waals surface area contributed by atoms with Gasteiger partial charge in [-0.3, -0.25) is 0 Å². The molecule has 0 atom stereocenters. The summed E-state index contributed by atoms with van der Waals surface area (Å²) >= 11 is 3.01. The number of thiazole rings is 1. The number of nitrogens with zero attached hydrogens (tertiary/aromatic N) is 1. The Morgan fingerprint density at radius 1 is 1.09 bits per heavy atom. The minimum Gasteiger partial charge on any atom is -0.543 e. The molecular weight excluding hydrogens is 316 g/mol. The molecule has 0 spiro atoms. The van der Waals surface area contributed by atoms with Crippen molar-refractivity contribution in [3.63, 3.8) is 0 Å². The Morgan fingerprint density at radius 3 is 2.73 bits per heavy atom.